The number of carboxylic acid groups (broad SMARTS) is 1. The van der Waals surface area contributed by atoms with Gasteiger partial charge >= 0.3 is 5.97 Å². The Labute approximate surface area is 88.7 Å². The maximum absolute atomic E-state index is 10.7. The van der Waals surface area contributed by atoms with Gasteiger partial charge in [0.25, 0.3) is 0 Å². The van der Waals surface area contributed by atoms with Crippen LogP contribution in [0.1, 0.15) is 12.5 Å². The molecule has 0 heterocycles. The zero-order valence-corrected chi connectivity index (χ0v) is 8.64. The number of carbonyl (C=O) groups is 1. The first-order chi connectivity index (χ1) is 7.02. The highest BCUT2D eigenvalue weighted by Gasteiger charge is 2.27. The summed E-state index contributed by atoms with van der Waals surface area (Å²) in [7, 11) is 0. The van der Waals surface area contributed by atoms with Gasteiger partial charge in [0.2, 0.25) is 0 Å². The van der Waals surface area contributed by atoms with Gasteiger partial charge in [0.1, 0.15) is 5.54 Å². The fourth-order valence-electron chi connectivity index (χ4n) is 1.02. The molecule has 0 aromatic heterocycles. The second-order valence-corrected chi connectivity index (χ2v) is 3.70. The zero-order valence-electron chi connectivity index (χ0n) is 8.64. The van der Waals surface area contributed by atoms with E-state index in [1.165, 1.54) is 6.92 Å². The molecule has 0 saturated carbocycles. The monoisotopic (exact) mass is 209 g/mol. The Bertz CT molecular complexity index is 322. The summed E-state index contributed by atoms with van der Waals surface area (Å²) < 4.78 is 5.24. The molecule has 3 N–H and O–H groups in total. The van der Waals surface area contributed by atoms with Crippen molar-refractivity contribution in [3.05, 3.63) is 35.9 Å². The average Bonchev–Trinajstić information content (AvgIpc) is 2.19. The molecule has 82 valence electrons. The molecule has 0 spiro atoms. The Hall–Kier alpha value is -1.39. The molecular weight excluding hydrogens is 194 g/mol. The van der Waals surface area contributed by atoms with Gasteiger partial charge in [-0.3, -0.25) is 4.79 Å². The first-order valence-electron chi connectivity index (χ1n) is 4.66. The third-order valence-corrected chi connectivity index (χ3v) is 2.00. The maximum atomic E-state index is 10.7. The van der Waals surface area contributed by atoms with Crippen LogP contribution in [0.2, 0.25) is 0 Å². The molecule has 0 fully saturated rings. The second-order valence-electron chi connectivity index (χ2n) is 3.70. The summed E-state index contributed by atoms with van der Waals surface area (Å²) in [6.07, 6.45) is 0. The van der Waals surface area contributed by atoms with Crippen LogP contribution in [0.15, 0.2) is 30.3 Å². The first-order valence-corrected chi connectivity index (χ1v) is 4.66. The summed E-state index contributed by atoms with van der Waals surface area (Å²) in [5.41, 5.74) is 5.17. The van der Waals surface area contributed by atoms with Crippen molar-refractivity contribution in [2.75, 3.05) is 6.61 Å². The van der Waals surface area contributed by atoms with Crippen LogP contribution in [0.3, 0.4) is 0 Å². The van der Waals surface area contributed by atoms with Gasteiger partial charge in [-0.05, 0) is 12.5 Å². The van der Waals surface area contributed by atoms with Crippen molar-refractivity contribution >= 4 is 5.97 Å². The van der Waals surface area contributed by atoms with Gasteiger partial charge in [-0.2, -0.15) is 0 Å². The maximum Gasteiger partial charge on any atom is 0.325 e. The van der Waals surface area contributed by atoms with Crippen molar-refractivity contribution in [2.24, 2.45) is 5.73 Å². The summed E-state index contributed by atoms with van der Waals surface area (Å²) in [6, 6.07) is 9.53. The fraction of sp³-hybridized carbons (Fsp3) is 0.364. The topological polar surface area (TPSA) is 72.5 Å². The Kier molecular flexibility index (Phi) is 3.82. The first kappa shape index (κ1) is 11.7. The van der Waals surface area contributed by atoms with E-state index in [1.54, 1.807) is 0 Å². The molecule has 4 heteroatoms. The Morgan fingerprint density at radius 1 is 1.47 bits per heavy atom. The highest BCUT2D eigenvalue weighted by molar-refractivity contribution is 5.77. The van der Waals surface area contributed by atoms with Crippen LogP contribution in [-0.2, 0) is 16.1 Å². The minimum Gasteiger partial charge on any atom is -0.480 e. The molecule has 0 amide bonds. The molecule has 4 nitrogen and oxygen atoms in total. The van der Waals surface area contributed by atoms with E-state index in [-0.39, 0.29) is 6.61 Å². The number of carboxylic acids is 1. The van der Waals surface area contributed by atoms with Crippen molar-refractivity contribution < 1.29 is 14.6 Å². The quantitative estimate of drug-likeness (QED) is 0.759. The highest BCUT2D eigenvalue weighted by atomic mass is 16.5. The van der Waals surface area contributed by atoms with Gasteiger partial charge in [-0.15, -0.1) is 0 Å². The van der Waals surface area contributed by atoms with Gasteiger partial charge in [-0.1, -0.05) is 30.3 Å². The van der Waals surface area contributed by atoms with E-state index in [9.17, 15) is 4.79 Å². The van der Waals surface area contributed by atoms with E-state index < -0.39 is 11.5 Å². The van der Waals surface area contributed by atoms with Crippen LogP contribution in [-0.4, -0.2) is 23.2 Å². The lowest BCUT2D eigenvalue weighted by Gasteiger charge is -2.18. The predicted octanol–water partition coefficient (Wildman–Crippen LogP) is 1.01. The molecule has 0 radical (unpaired) electrons. The predicted molar refractivity (Wildman–Crippen MR) is 56.3 cm³/mol. The summed E-state index contributed by atoms with van der Waals surface area (Å²) in [4.78, 5) is 10.7. The Balaban J connectivity index is 2.37. The molecular formula is C11H15NO3. The highest BCUT2D eigenvalue weighted by Crippen LogP contribution is 2.04. The molecule has 1 aromatic rings. The van der Waals surface area contributed by atoms with E-state index in [0.29, 0.717) is 6.61 Å². The third kappa shape index (κ3) is 3.69. The molecule has 0 aliphatic carbocycles. The summed E-state index contributed by atoms with van der Waals surface area (Å²) in [5, 5.41) is 8.73. The molecule has 0 bridgehead atoms. The molecule has 1 rings (SSSR count). The summed E-state index contributed by atoms with van der Waals surface area (Å²) in [6.45, 7) is 1.80. The van der Waals surface area contributed by atoms with Crippen molar-refractivity contribution in [2.45, 2.75) is 19.1 Å². The molecule has 0 unspecified atom stereocenters. The molecule has 0 aliphatic heterocycles. The number of aliphatic carboxylic acids is 1. The van der Waals surface area contributed by atoms with Gasteiger partial charge < -0.3 is 15.6 Å². The van der Waals surface area contributed by atoms with E-state index in [2.05, 4.69) is 0 Å². The number of benzene rings is 1. The van der Waals surface area contributed by atoms with Crippen LogP contribution in [0.5, 0.6) is 0 Å². The smallest absolute Gasteiger partial charge is 0.325 e. The van der Waals surface area contributed by atoms with Gasteiger partial charge in [0.15, 0.2) is 0 Å². The van der Waals surface area contributed by atoms with Crippen LogP contribution >= 0.6 is 0 Å². The van der Waals surface area contributed by atoms with Gasteiger partial charge in [0.05, 0.1) is 13.2 Å². The lowest BCUT2D eigenvalue weighted by atomic mass is 10.1. The normalized spacial score (nSPS) is 14.5. The molecule has 0 aliphatic rings. The molecule has 15 heavy (non-hydrogen) atoms. The molecule has 1 atom stereocenters. The largest absolute Gasteiger partial charge is 0.480 e. The Morgan fingerprint density at radius 3 is 2.60 bits per heavy atom. The average molecular weight is 209 g/mol. The second kappa shape index (κ2) is 4.91. The lowest BCUT2D eigenvalue weighted by molar-refractivity contribution is -0.145. The van der Waals surface area contributed by atoms with Crippen LogP contribution in [0.4, 0.5) is 0 Å². The minimum atomic E-state index is -1.32. The Morgan fingerprint density at radius 2 is 2.07 bits per heavy atom. The SMILES string of the molecule is C[C@](N)(COCc1ccccc1)C(=O)O. The number of hydrogen-bond donors (Lipinski definition) is 2. The van der Waals surface area contributed by atoms with Crippen LogP contribution in [0, 0.1) is 0 Å². The van der Waals surface area contributed by atoms with Crippen molar-refractivity contribution in [1.29, 1.82) is 0 Å². The van der Waals surface area contributed by atoms with Gasteiger partial charge in [0, 0.05) is 0 Å². The molecule has 0 saturated heterocycles. The van der Waals surface area contributed by atoms with E-state index in [0.717, 1.165) is 5.56 Å². The van der Waals surface area contributed by atoms with Crippen LogP contribution < -0.4 is 5.73 Å². The fourth-order valence-corrected chi connectivity index (χ4v) is 1.02. The van der Waals surface area contributed by atoms with Crippen molar-refractivity contribution in [1.82, 2.24) is 0 Å². The molecule has 1 aromatic carbocycles. The van der Waals surface area contributed by atoms with Crippen molar-refractivity contribution in [3.8, 4) is 0 Å². The standard InChI is InChI=1S/C11H15NO3/c1-11(12,10(13)14)8-15-7-9-5-3-2-4-6-9/h2-6H,7-8,12H2,1H3,(H,13,14)/t11-/m0/s1. The van der Waals surface area contributed by atoms with E-state index in [4.69, 9.17) is 15.6 Å². The van der Waals surface area contributed by atoms with Crippen molar-refractivity contribution in [3.63, 3.8) is 0 Å². The number of rotatable bonds is 5. The summed E-state index contributed by atoms with van der Waals surface area (Å²) >= 11 is 0. The van der Waals surface area contributed by atoms with Gasteiger partial charge in [-0.25, -0.2) is 0 Å². The number of ether oxygens (including phenoxy) is 1. The minimum absolute atomic E-state index is 0.00275. The number of hydrogen-bond acceptors (Lipinski definition) is 3. The lowest BCUT2D eigenvalue weighted by Crippen LogP contribution is -2.48. The summed E-state index contributed by atoms with van der Waals surface area (Å²) in [5.74, 6) is -1.06. The van der Waals surface area contributed by atoms with E-state index >= 15 is 0 Å². The van der Waals surface area contributed by atoms with E-state index in [1.807, 2.05) is 30.3 Å². The third-order valence-electron chi connectivity index (χ3n) is 2.00. The zero-order chi connectivity index (χ0) is 11.3. The van der Waals surface area contributed by atoms with Crippen LogP contribution in [0.25, 0.3) is 0 Å². The number of nitrogens with two attached hydrogens (primary N) is 1.